The Morgan fingerprint density at radius 2 is 1.88 bits per heavy atom. The van der Waals surface area contributed by atoms with Crippen molar-refractivity contribution < 1.29 is 17.6 Å². The second-order valence-electron chi connectivity index (χ2n) is 5.25. The number of imidazole rings is 1. The largest absolute Gasteiger partial charge is 0.389 e. The van der Waals surface area contributed by atoms with Gasteiger partial charge in [0.15, 0.2) is 16.3 Å². The number of hydrogen-bond donors (Lipinski definition) is 0. The van der Waals surface area contributed by atoms with Crippen molar-refractivity contribution in [1.29, 1.82) is 0 Å². The molecule has 3 aromatic rings. The molecule has 0 aliphatic heterocycles. The molecule has 0 unspecified atom stereocenters. The van der Waals surface area contributed by atoms with E-state index < -0.39 is 24.0 Å². The molecule has 2 aromatic heterocycles. The number of thioether (sulfide) groups is 1. The smallest absolute Gasteiger partial charge is 0.318 e. The lowest BCUT2D eigenvalue weighted by atomic mass is 10.3. The van der Waals surface area contributed by atoms with E-state index in [4.69, 9.17) is 0 Å². The zero-order chi connectivity index (χ0) is 18.2. The summed E-state index contributed by atoms with van der Waals surface area (Å²) in [6.45, 7) is 0. The van der Waals surface area contributed by atoms with Gasteiger partial charge in [0.25, 0.3) is 5.56 Å². The van der Waals surface area contributed by atoms with Crippen molar-refractivity contribution in [3.63, 3.8) is 0 Å². The summed E-state index contributed by atoms with van der Waals surface area (Å²) in [5, 5.41) is 0.0944. The third-order valence-corrected chi connectivity index (χ3v) is 4.35. The number of rotatable bonds is 4. The van der Waals surface area contributed by atoms with Crippen molar-refractivity contribution >= 4 is 22.9 Å². The van der Waals surface area contributed by atoms with E-state index in [-0.39, 0.29) is 22.1 Å². The van der Waals surface area contributed by atoms with Crippen LogP contribution in [0, 0.1) is 5.82 Å². The molecule has 10 heteroatoms. The van der Waals surface area contributed by atoms with Crippen LogP contribution in [0.2, 0.25) is 0 Å². The molecule has 5 nitrogen and oxygen atoms in total. The van der Waals surface area contributed by atoms with Crippen molar-refractivity contribution in [3.05, 3.63) is 46.8 Å². The van der Waals surface area contributed by atoms with Crippen LogP contribution in [0.1, 0.15) is 6.42 Å². The van der Waals surface area contributed by atoms with E-state index in [1.807, 2.05) is 0 Å². The van der Waals surface area contributed by atoms with Gasteiger partial charge < -0.3 is 4.57 Å². The average molecular weight is 372 g/mol. The summed E-state index contributed by atoms with van der Waals surface area (Å²) >= 11 is 0.811. The van der Waals surface area contributed by atoms with Gasteiger partial charge in [-0.2, -0.15) is 13.2 Å². The first-order valence-corrected chi connectivity index (χ1v) is 8.14. The number of halogens is 4. The first-order chi connectivity index (χ1) is 11.8. The highest BCUT2D eigenvalue weighted by Crippen LogP contribution is 2.26. The first-order valence-electron chi connectivity index (χ1n) is 7.16. The summed E-state index contributed by atoms with van der Waals surface area (Å²) in [7, 11) is 1.63. The van der Waals surface area contributed by atoms with Gasteiger partial charge in [-0.1, -0.05) is 11.8 Å². The minimum Gasteiger partial charge on any atom is -0.318 e. The van der Waals surface area contributed by atoms with Gasteiger partial charge in [-0.3, -0.25) is 9.36 Å². The summed E-state index contributed by atoms with van der Waals surface area (Å²) in [6.07, 6.45) is -3.91. The summed E-state index contributed by atoms with van der Waals surface area (Å²) in [6, 6.07) is 5.05. The molecule has 132 valence electrons. The van der Waals surface area contributed by atoms with E-state index >= 15 is 0 Å². The molecular formula is C15H12F4N4OS. The Morgan fingerprint density at radius 1 is 1.20 bits per heavy atom. The number of alkyl halides is 3. The third kappa shape index (κ3) is 3.68. The minimum atomic E-state index is -4.30. The maximum Gasteiger partial charge on any atom is 0.389 e. The van der Waals surface area contributed by atoms with E-state index in [0.717, 1.165) is 28.5 Å². The monoisotopic (exact) mass is 372 g/mol. The average Bonchev–Trinajstić information content (AvgIpc) is 2.89. The van der Waals surface area contributed by atoms with Gasteiger partial charge in [0.1, 0.15) is 5.82 Å². The molecule has 0 amide bonds. The highest BCUT2D eigenvalue weighted by Gasteiger charge is 2.27. The van der Waals surface area contributed by atoms with Gasteiger partial charge in [0.05, 0.1) is 18.4 Å². The molecule has 2 heterocycles. The molecule has 0 bridgehead atoms. The minimum absolute atomic E-state index is 0.0898. The lowest BCUT2D eigenvalue weighted by Crippen LogP contribution is -2.22. The van der Waals surface area contributed by atoms with Crippen LogP contribution >= 0.6 is 11.8 Å². The Hall–Kier alpha value is -2.36. The van der Waals surface area contributed by atoms with Crippen LogP contribution in [-0.4, -0.2) is 31.0 Å². The van der Waals surface area contributed by atoms with Gasteiger partial charge in [-0.15, -0.1) is 0 Å². The molecule has 0 spiro atoms. The van der Waals surface area contributed by atoms with Crippen LogP contribution in [0.3, 0.4) is 0 Å². The Bertz CT molecular complexity index is 963. The SMILES string of the molecule is Cn1cnc2c(=O)n(-c3ccc(F)cc3)c(SCCC(F)(F)F)nc21. The fraction of sp³-hybridized carbons (Fsp3) is 0.267. The van der Waals surface area contributed by atoms with Crippen LogP contribution in [0.25, 0.3) is 16.9 Å². The Balaban J connectivity index is 2.11. The van der Waals surface area contributed by atoms with Gasteiger partial charge in [0.2, 0.25) is 0 Å². The zero-order valence-corrected chi connectivity index (χ0v) is 13.7. The van der Waals surface area contributed by atoms with E-state index in [1.54, 1.807) is 7.05 Å². The maximum absolute atomic E-state index is 13.1. The van der Waals surface area contributed by atoms with Crippen LogP contribution in [0.15, 0.2) is 40.5 Å². The number of nitrogens with zero attached hydrogens (tertiary/aromatic N) is 4. The second kappa shape index (κ2) is 6.51. The van der Waals surface area contributed by atoms with Crippen molar-refractivity contribution in [1.82, 2.24) is 19.1 Å². The van der Waals surface area contributed by atoms with Gasteiger partial charge >= 0.3 is 6.18 Å². The number of hydrogen-bond acceptors (Lipinski definition) is 4. The normalized spacial score (nSPS) is 12.0. The number of aryl methyl sites for hydroxylation is 1. The van der Waals surface area contributed by atoms with Gasteiger partial charge in [-0.05, 0) is 24.3 Å². The first kappa shape index (κ1) is 17.5. The summed E-state index contributed by atoms with van der Waals surface area (Å²) < 4.78 is 53.1. The highest BCUT2D eigenvalue weighted by molar-refractivity contribution is 7.99. The van der Waals surface area contributed by atoms with Crippen LogP contribution < -0.4 is 5.56 Å². The zero-order valence-electron chi connectivity index (χ0n) is 12.9. The molecule has 0 N–H and O–H groups in total. The molecule has 0 fully saturated rings. The number of fused-ring (bicyclic) bond motifs is 1. The fourth-order valence-corrected chi connectivity index (χ4v) is 3.20. The summed E-state index contributed by atoms with van der Waals surface area (Å²) in [5.41, 5.74) is 0.151. The number of aromatic nitrogens is 4. The van der Waals surface area contributed by atoms with Gasteiger partial charge in [0, 0.05) is 12.8 Å². The standard InChI is InChI=1S/C15H12F4N4OS/c1-22-8-20-11-12(22)21-14(25-7-6-15(17,18)19)23(13(11)24)10-4-2-9(16)3-5-10/h2-5,8H,6-7H2,1H3. The summed E-state index contributed by atoms with van der Waals surface area (Å²) in [4.78, 5) is 21.0. The lowest BCUT2D eigenvalue weighted by molar-refractivity contribution is -0.129. The maximum atomic E-state index is 13.1. The Labute approximate surface area is 143 Å². The van der Waals surface area contributed by atoms with Crippen molar-refractivity contribution in [2.75, 3.05) is 5.75 Å². The predicted octanol–water partition coefficient (Wildman–Crippen LogP) is 3.30. The van der Waals surface area contributed by atoms with Crippen LogP contribution in [0.4, 0.5) is 17.6 Å². The van der Waals surface area contributed by atoms with Crippen molar-refractivity contribution in [2.24, 2.45) is 7.05 Å². The van der Waals surface area contributed by atoms with E-state index in [2.05, 4.69) is 9.97 Å². The van der Waals surface area contributed by atoms with E-state index in [0.29, 0.717) is 5.69 Å². The number of benzene rings is 1. The molecule has 0 aliphatic carbocycles. The predicted molar refractivity (Wildman–Crippen MR) is 85.5 cm³/mol. The lowest BCUT2D eigenvalue weighted by Gasteiger charge is -2.12. The second-order valence-corrected chi connectivity index (χ2v) is 6.31. The topological polar surface area (TPSA) is 52.7 Å². The fourth-order valence-electron chi connectivity index (χ4n) is 2.21. The molecular weight excluding hydrogens is 360 g/mol. The summed E-state index contributed by atoms with van der Waals surface area (Å²) in [5.74, 6) is -0.782. The molecule has 0 saturated heterocycles. The molecule has 0 atom stereocenters. The molecule has 0 aliphatic rings. The van der Waals surface area contributed by atoms with Gasteiger partial charge in [-0.25, -0.2) is 14.4 Å². The van der Waals surface area contributed by atoms with E-state index in [1.165, 1.54) is 23.0 Å². The Morgan fingerprint density at radius 3 is 2.52 bits per heavy atom. The molecule has 3 rings (SSSR count). The van der Waals surface area contributed by atoms with Crippen LogP contribution in [0.5, 0.6) is 0 Å². The third-order valence-electron chi connectivity index (χ3n) is 3.41. The Kier molecular flexibility index (Phi) is 4.55. The van der Waals surface area contributed by atoms with Crippen molar-refractivity contribution in [3.8, 4) is 5.69 Å². The molecule has 0 saturated carbocycles. The quantitative estimate of drug-likeness (QED) is 0.401. The highest BCUT2D eigenvalue weighted by atomic mass is 32.2. The van der Waals surface area contributed by atoms with Crippen molar-refractivity contribution in [2.45, 2.75) is 17.8 Å². The molecule has 1 aromatic carbocycles. The molecule has 25 heavy (non-hydrogen) atoms. The molecule has 0 radical (unpaired) electrons. The van der Waals surface area contributed by atoms with Crippen LogP contribution in [-0.2, 0) is 7.05 Å². The van der Waals surface area contributed by atoms with E-state index in [9.17, 15) is 22.4 Å².